The Bertz CT molecular complexity index is 422. The average Bonchev–Trinajstić information content (AvgIpc) is 2.92. The Kier molecular flexibility index (Phi) is 2.54. The molecule has 0 radical (unpaired) electrons. The molecule has 1 saturated carbocycles. The van der Waals surface area contributed by atoms with E-state index < -0.39 is 0 Å². The van der Waals surface area contributed by atoms with E-state index in [1.54, 1.807) is 22.7 Å². The van der Waals surface area contributed by atoms with Crippen molar-refractivity contribution in [2.75, 3.05) is 0 Å². The van der Waals surface area contributed by atoms with Crippen LogP contribution in [-0.4, -0.2) is 5.11 Å². The van der Waals surface area contributed by atoms with Crippen LogP contribution in [-0.2, 0) is 0 Å². The van der Waals surface area contributed by atoms with Gasteiger partial charge in [0.2, 0.25) is 0 Å². The third kappa shape index (κ3) is 1.73. The number of hydrogen-bond acceptors (Lipinski definition) is 3. The quantitative estimate of drug-likeness (QED) is 0.832. The number of aliphatic hydroxyl groups is 1. The molecule has 0 amide bonds. The molecule has 15 heavy (non-hydrogen) atoms. The van der Waals surface area contributed by atoms with Crippen LogP contribution < -0.4 is 0 Å². The van der Waals surface area contributed by atoms with Gasteiger partial charge in [-0.25, -0.2) is 0 Å². The van der Waals surface area contributed by atoms with Gasteiger partial charge in [-0.2, -0.15) is 0 Å². The van der Waals surface area contributed by atoms with Crippen LogP contribution in [0.3, 0.4) is 0 Å². The summed E-state index contributed by atoms with van der Waals surface area (Å²) in [6.07, 6.45) is 4.78. The molecule has 1 nitrogen and oxygen atoms in total. The summed E-state index contributed by atoms with van der Waals surface area (Å²) < 4.78 is 2.65. The van der Waals surface area contributed by atoms with Gasteiger partial charge in [0.25, 0.3) is 0 Å². The van der Waals surface area contributed by atoms with Crippen LogP contribution in [0.15, 0.2) is 17.5 Å². The lowest BCUT2D eigenvalue weighted by molar-refractivity contribution is 0.115. The van der Waals surface area contributed by atoms with Gasteiger partial charge in [-0.1, -0.05) is 12.8 Å². The van der Waals surface area contributed by atoms with E-state index in [9.17, 15) is 5.11 Å². The summed E-state index contributed by atoms with van der Waals surface area (Å²) >= 11 is 3.53. The van der Waals surface area contributed by atoms with Gasteiger partial charge in [0, 0.05) is 14.3 Å². The molecule has 80 valence electrons. The van der Waals surface area contributed by atoms with Crippen LogP contribution in [0.4, 0.5) is 0 Å². The van der Waals surface area contributed by atoms with Gasteiger partial charge in [0.1, 0.15) is 0 Å². The maximum Gasteiger partial charge on any atom is 0.0910 e. The Morgan fingerprint density at radius 3 is 2.80 bits per heavy atom. The Labute approximate surface area is 97.4 Å². The van der Waals surface area contributed by atoms with Crippen molar-refractivity contribution < 1.29 is 5.11 Å². The van der Waals surface area contributed by atoms with Crippen molar-refractivity contribution in [2.24, 2.45) is 5.92 Å². The number of aliphatic hydroxyl groups excluding tert-OH is 1. The zero-order valence-corrected chi connectivity index (χ0v) is 10.1. The van der Waals surface area contributed by atoms with E-state index in [2.05, 4.69) is 17.5 Å². The highest BCUT2D eigenvalue weighted by molar-refractivity contribution is 7.26. The minimum Gasteiger partial charge on any atom is -0.387 e. The summed E-state index contributed by atoms with van der Waals surface area (Å²) in [6.45, 7) is 0. The number of hydrogen-bond donors (Lipinski definition) is 1. The minimum absolute atomic E-state index is 0.211. The first-order valence-electron chi connectivity index (χ1n) is 5.49. The normalized spacial score (nSPS) is 20.1. The SMILES string of the molecule is OC(c1cc2sccc2s1)C1CCCC1. The van der Waals surface area contributed by atoms with Crippen molar-refractivity contribution >= 4 is 32.1 Å². The van der Waals surface area contributed by atoms with Crippen LogP contribution in [0.1, 0.15) is 36.7 Å². The lowest BCUT2D eigenvalue weighted by Gasteiger charge is -2.15. The monoisotopic (exact) mass is 238 g/mol. The first-order valence-corrected chi connectivity index (χ1v) is 7.19. The average molecular weight is 238 g/mol. The molecule has 0 spiro atoms. The van der Waals surface area contributed by atoms with Crippen LogP contribution >= 0.6 is 22.7 Å². The summed E-state index contributed by atoms with van der Waals surface area (Å²) in [4.78, 5) is 1.17. The summed E-state index contributed by atoms with van der Waals surface area (Å²) in [7, 11) is 0. The van der Waals surface area contributed by atoms with E-state index in [1.807, 2.05) is 0 Å². The molecule has 1 unspecified atom stereocenters. The molecule has 1 N–H and O–H groups in total. The van der Waals surface area contributed by atoms with Gasteiger partial charge in [0.05, 0.1) is 6.10 Å². The van der Waals surface area contributed by atoms with Gasteiger partial charge in [-0.3, -0.25) is 0 Å². The van der Waals surface area contributed by atoms with Gasteiger partial charge in [0.15, 0.2) is 0 Å². The molecule has 3 rings (SSSR count). The van der Waals surface area contributed by atoms with E-state index in [4.69, 9.17) is 0 Å². The number of rotatable bonds is 2. The Morgan fingerprint density at radius 2 is 2.07 bits per heavy atom. The van der Waals surface area contributed by atoms with E-state index in [1.165, 1.54) is 40.0 Å². The van der Waals surface area contributed by atoms with Crippen LogP contribution in [0.2, 0.25) is 0 Å². The lowest BCUT2D eigenvalue weighted by Crippen LogP contribution is -2.06. The number of fused-ring (bicyclic) bond motifs is 1. The van der Waals surface area contributed by atoms with Crippen molar-refractivity contribution in [2.45, 2.75) is 31.8 Å². The second-order valence-corrected chi connectivity index (χ2v) is 6.35. The highest BCUT2D eigenvalue weighted by Crippen LogP contribution is 2.40. The van der Waals surface area contributed by atoms with Crippen LogP contribution in [0.25, 0.3) is 9.40 Å². The minimum atomic E-state index is -0.211. The smallest absolute Gasteiger partial charge is 0.0910 e. The third-order valence-corrected chi connectivity index (χ3v) is 5.46. The molecule has 2 aromatic rings. The molecule has 0 aliphatic heterocycles. The molecule has 0 bridgehead atoms. The third-order valence-electron chi connectivity index (χ3n) is 3.30. The van der Waals surface area contributed by atoms with Gasteiger partial charge in [-0.15, -0.1) is 22.7 Å². The van der Waals surface area contributed by atoms with Crippen molar-refractivity contribution in [3.63, 3.8) is 0 Å². The Balaban J connectivity index is 1.89. The maximum absolute atomic E-state index is 10.3. The second kappa shape index (κ2) is 3.89. The van der Waals surface area contributed by atoms with E-state index in [0.717, 1.165) is 0 Å². The fourth-order valence-electron chi connectivity index (χ4n) is 2.44. The molecule has 0 aromatic carbocycles. The molecule has 0 saturated heterocycles. The fourth-order valence-corrected chi connectivity index (χ4v) is 4.64. The van der Waals surface area contributed by atoms with E-state index >= 15 is 0 Å². The van der Waals surface area contributed by atoms with Crippen molar-refractivity contribution in [1.82, 2.24) is 0 Å². The molecular formula is C12H14OS2. The lowest BCUT2D eigenvalue weighted by atomic mass is 10.00. The summed E-state index contributed by atoms with van der Waals surface area (Å²) in [5.41, 5.74) is 0. The second-order valence-electron chi connectivity index (χ2n) is 4.29. The molecular weight excluding hydrogens is 224 g/mol. The van der Waals surface area contributed by atoms with Crippen molar-refractivity contribution in [3.05, 3.63) is 22.4 Å². The topological polar surface area (TPSA) is 20.2 Å². The fraction of sp³-hybridized carbons (Fsp3) is 0.500. The first-order chi connectivity index (χ1) is 7.34. The molecule has 1 fully saturated rings. The Hall–Kier alpha value is -0.380. The summed E-state index contributed by atoms with van der Waals surface area (Å²) in [5.74, 6) is 0.512. The summed E-state index contributed by atoms with van der Waals surface area (Å²) in [6, 6.07) is 4.32. The van der Waals surface area contributed by atoms with Gasteiger partial charge >= 0.3 is 0 Å². The predicted octanol–water partition coefficient (Wildman–Crippen LogP) is 4.19. The van der Waals surface area contributed by atoms with Crippen molar-refractivity contribution in [3.8, 4) is 0 Å². The molecule has 1 aliphatic rings. The molecule has 3 heteroatoms. The standard InChI is InChI=1S/C12H14OS2/c13-12(8-3-1-2-4-8)11-7-10-9(15-11)5-6-14-10/h5-8,12-13H,1-4H2. The molecule has 2 aromatic heterocycles. The zero-order valence-electron chi connectivity index (χ0n) is 8.48. The zero-order chi connectivity index (χ0) is 10.3. The van der Waals surface area contributed by atoms with Crippen LogP contribution in [0, 0.1) is 5.92 Å². The van der Waals surface area contributed by atoms with Gasteiger partial charge in [-0.05, 0) is 36.3 Å². The van der Waals surface area contributed by atoms with E-state index in [-0.39, 0.29) is 6.10 Å². The van der Waals surface area contributed by atoms with E-state index in [0.29, 0.717) is 5.92 Å². The molecule has 1 aliphatic carbocycles. The Morgan fingerprint density at radius 1 is 1.27 bits per heavy atom. The first kappa shape index (κ1) is 9.82. The maximum atomic E-state index is 10.3. The largest absolute Gasteiger partial charge is 0.387 e. The van der Waals surface area contributed by atoms with Crippen LogP contribution in [0.5, 0.6) is 0 Å². The van der Waals surface area contributed by atoms with Crippen molar-refractivity contribution in [1.29, 1.82) is 0 Å². The molecule has 2 heterocycles. The van der Waals surface area contributed by atoms with Gasteiger partial charge < -0.3 is 5.11 Å². The highest BCUT2D eigenvalue weighted by atomic mass is 32.1. The predicted molar refractivity (Wildman–Crippen MR) is 66.6 cm³/mol. The molecule has 1 atom stereocenters. The summed E-state index contributed by atoms with van der Waals surface area (Å²) in [5, 5.41) is 12.4. The highest BCUT2D eigenvalue weighted by Gasteiger charge is 2.25. The number of thiophene rings is 2.